The van der Waals surface area contributed by atoms with Gasteiger partial charge in [-0.05, 0) is 29.8 Å². The van der Waals surface area contributed by atoms with E-state index in [4.69, 9.17) is 4.74 Å². The van der Waals surface area contributed by atoms with Gasteiger partial charge in [-0.1, -0.05) is 42.1 Å². The number of hydrogen-bond donors (Lipinski definition) is 2. The fourth-order valence-corrected chi connectivity index (χ4v) is 3.37. The van der Waals surface area contributed by atoms with Crippen LogP contribution in [0.2, 0.25) is 0 Å². The van der Waals surface area contributed by atoms with E-state index < -0.39 is 0 Å². The van der Waals surface area contributed by atoms with Gasteiger partial charge in [0, 0.05) is 12.2 Å². The molecule has 27 heavy (non-hydrogen) atoms. The minimum absolute atomic E-state index is 0.0988. The van der Waals surface area contributed by atoms with Gasteiger partial charge in [0.05, 0.1) is 31.4 Å². The number of aliphatic hydroxyl groups is 1. The van der Waals surface area contributed by atoms with Gasteiger partial charge in [-0.25, -0.2) is 4.98 Å². The standard InChI is InChI=1S/C20H21N3O3S/c1-26-18-9-7-16(8-10-18)22-19(25)14-27-20-21-11-17(13-24)23(20)12-15-5-3-2-4-6-15/h2-11,24H,12-14H2,1H3,(H,22,25). The Morgan fingerprint density at radius 2 is 1.93 bits per heavy atom. The molecule has 0 aliphatic rings. The fourth-order valence-electron chi connectivity index (χ4n) is 2.57. The van der Waals surface area contributed by atoms with E-state index in [1.54, 1.807) is 37.6 Å². The number of carbonyl (C=O) groups is 1. The molecule has 0 spiro atoms. The number of aromatic nitrogens is 2. The van der Waals surface area contributed by atoms with Crippen LogP contribution in [-0.4, -0.2) is 33.4 Å². The lowest BCUT2D eigenvalue weighted by atomic mass is 10.2. The number of nitrogens with one attached hydrogen (secondary N) is 1. The van der Waals surface area contributed by atoms with Gasteiger partial charge in [0.25, 0.3) is 0 Å². The predicted octanol–water partition coefficient (Wildman–Crippen LogP) is 3.16. The zero-order valence-corrected chi connectivity index (χ0v) is 15.8. The maximum Gasteiger partial charge on any atom is 0.234 e. The molecule has 6 nitrogen and oxygen atoms in total. The average molecular weight is 383 g/mol. The second-order valence-corrected chi connectivity index (χ2v) is 6.77. The molecule has 1 heterocycles. The average Bonchev–Trinajstić information content (AvgIpc) is 3.09. The van der Waals surface area contributed by atoms with Crippen LogP contribution >= 0.6 is 11.8 Å². The van der Waals surface area contributed by atoms with Crippen molar-refractivity contribution >= 4 is 23.4 Å². The second-order valence-electron chi connectivity index (χ2n) is 5.83. The Morgan fingerprint density at radius 3 is 2.59 bits per heavy atom. The molecule has 3 rings (SSSR count). The van der Waals surface area contributed by atoms with Crippen LogP contribution in [-0.2, 0) is 17.9 Å². The van der Waals surface area contributed by atoms with Crippen molar-refractivity contribution in [2.45, 2.75) is 18.3 Å². The molecule has 1 aromatic heterocycles. The highest BCUT2D eigenvalue weighted by Gasteiger charge is 2.13. The summed E-state index contributed by atoms with van der Waals surface area (Å²) in [5, 5.41) is 13.1. The highest BCUT2D eigenvalue weighted by Crippen LogP contribution is 2.21. The van der Waals surface area contributed by atoms with Crippen LogP contribution in [0.15, 0.2) is 66.0 Å². The topological polar surface area (TPSA) is 76.4 Å². The van der Waals surface area contributed by atoms with Gasteiger partial charge in [0.15, 0.2) is 5.16 Å². The van der Waals surface area contributed by atoms with Crippen LogP contribution in [0.25, 0.3) is 0 Å². The van der Waals surface area contributed by atoms with Gasteiger partial charge in [0.2, 0.25) is 5.91 Å². The lowest BCUT2D eigenvalue weighted by Gasteiger charge is -2.11. The Bertz CT molecular complexity index is 879. The Kier molecular flexibility index (Phi) is 6.51. The molecule has 0 radical (unpaired) electrons. The summed E-state index contributed by atoms with van der Waals surface area (Å²) in [5.74, 6) is 0.842. The first-order valence-electron chi connectivity index (χ1n) is 8.45. The monoisotopic (exact) mass is 383 g/mol. The first-order valence-corrected chi connectivity index (χ1v) is 9.44. The Morgan fingerprint density at radius 1 is 1.19 bits per heavy atom. The number of ether oxygens (including phenoxy) is 1. The number of nitrogens with zero attached hydrogens (tertiary/aromatic N) is 2. The second kappa shape index (κ2) is 9.25. The largest absolute Gasteiger partial charge is 0.497 e. The third-order valence-corrected chi connectivity index (χ3v) is 4.94. The third kappa shape index (κ3) is 5.12. The number of thioether (sulfide) groups is 1. The van der Waals surface area contributed by atoms with Crippen LogP contribution < -0.4 is 10.1 Å². The molecule has 0 aliphatic heterocycles. The van der Waals surface area contributed by atoms with Gasteiger partial charge < -0.3 is 19.7 Å². The summed E-state index contributed by atoms with van der Waals surface area (Å²) >= 11 is 1.34. The molecule has 0 bridgehead atoms. The molecule has 1 amide bonds. The molecule has 2 aromatic carbocycles. The molecule has 0 unspecified atom stereocenters. The number of carbonyl (C=O) groups excluding carboxylic acids is 1. The zero-order chi connectivity index (χ0) is 19.1. The summed E-state index contributed by atoms with van der Waals surface area (Å²) in [4.78, 5) is 16.6. The lowest BCUT2D eigenvalue weighted by molar-refractivity contribution is -0.113. The lowest BCUT2D eigenvalue weighted by Crippen LogP contribution is -2.15. The summed E-state index contributed by atoms with van der Waals surface area (Å²) in [6.45, 7) is 0.498. The summed E-state index contributed by atoms with van der Waals surface area (Å²) < 4.78 is 7.04. The SMILES string of the molecule is COc1ccc(NC(=O)CSc2ncc(CO)n2Cc2ccccc2)cc1. The van der Waals surface area contributed by atoms with E-state index >= 15 is 0 Å². The maximum atomic E-state index is 12.2. The van der Waals surface area contributed by atoms with Crippen LogP contribution in [0.3, 0.4) is 0 Å². The fraction of sp³-hybridized carbons (Fsp3) is 0.200. The first kappa shape index (κ1) is 19.0. The predicted molar refractivity (Wildman–Crippen MR) is 106 cm³/mol. The summed E-state index contributed by atoms with van der Waals surface area (Å²) in [5.41, 5.74) is 2.54. The Balaban J connectivity index is 1.63. The smallest absolute Gasteiger partial charge is 0.234 e. The molecule has 7 heteroatoms. The van der Waals surface area contributed by atoms with E-state index in [0.29, 0.717) is 17.4 Å². The summed E-state index contributed by atoms with van der Waals surface area (Å²) in [6, 6.07) is 17.1. The van der Waals surface area contributed by atoms with Crippen LogP contribution in [0.4, 0.5) is 5.69 Å². The molecule has 140 valence electrons. The first-order chi connectivity index (χ1) is 13.2. The van der Waals surface area contributed by atoms with Crippen molar-refractivity contribution in [1.29, 1.82) is 0 Å². The number of imidazole rings is 1. The van der Waals surface area contributed by atoms with Gasteiger partial charge in [0.1, 0.15) is 5.75 Å². The zero-order valence-electron chi connectivity index (χ0n) is 15.0. The minimum Gasteiger partial charge on any atom is -0.497 e. The number of methoxy groups -OCH3 is 1. The summed E-state index contributed by atoms with van der Waals surface area (Å²) in [7, 11) is 1.60. The van der Waals surface area contributed by atoms with Crippen molar-refractivity contribution in [2.75, 3.05) is 18.2 Å². The normalized spacial score (nSPS) is 10.6. The Labute approximate surface area is 162 Å². The highest BCUT2D eigenvalue weighted by atomic mass is 32.2. The molecular formula is C20H21N3O3S. The van der Waals surface area contributed by atoms with Crippen LogP contribution in [0.1, 0.15) is 11.3 Å². The molecule has 0 aliphatic carbocycles. The van der Waals surface area contributed by atoms with E-state index in [9.17, 15) is 9.90 Å². The number of rotatable bonds is 8. The molecular weight excluding hydrogens is 362 g/mol. The number of hydrogen-bond acceptors (Lipinski definition) is 5. The van der Waals surface area contributed by atoms with Crippen molar-refractivity contribution in [2.24, 2.45) is 0 Å². The molecule has 2 N–H and O–H groups in total. The number of anilines is 1. The minimum atomic E-state index is -0.120. The summed E-state index contributed by atoms with van der Waals surface area (Å²) in [6.07, 6.45) is 1.65. The molecule has 0 saturated heterocycles. The van der Waals surface area contributed by atoms with Gasteiger partial charge in [-0.15, -0.1) is 0 Å². The number of amides is 1. The molecule has 0 atom stereocenters. The van der Waals surface area contributed by atoms with E-state index in [1.165, 1.54) is 11.8 Å². The van der Waals surface area contributed by atoms with E-state index in [-0.39, 0.29) is 18.3 Å². The molecule has 0 saturated carbocycles. The van der Waals surface area contributed by atoms with Crippen molar-refractivity contribution in [3.63, 3.8) is 0 Å². The van der Waals surface area contributed by atoms with Gasteiger partial charge in [-0.3, -0.25) is 4.79 Å². The third-order valence-electron chi connectivity index (χ3n) is 3.95. The van der Waals surface area contributed by atoms with Crippen molar-refractivity contribution in [1.82, 2.24) is 9.55 Å². The van der Waals surface area contributed by atoms with E-state index in [1.807, 2.05) is 34.9 Å². The van der Waals surface area contributed by atoms with Crippen LogP contribution in [0.5, 0.6) is 5.75 Å². The van der Waals surface area contributed by atoms with Crippen molar-refractivity contribution in [3.05, 3.63) is 72.1 Å². The molecule has 0 fully saturated rings. The highest BCUT2D eigenvalue weighted by molar-refractivity contribution is 7.99. The van der Waals surface area contributed by atoms with Crippen molar-refractivity contribution in [3.8, 4) is 5.75 Å². The quantitative estimate of drug-likeness (QED) is 0.585. The number of benzene rings is 2. The molecule has 3 aromatic rings. The van der Waals surface area contributed by atoms with Crippen LogP contribution in [0, 0.1) is 0 Å². The maximum absolute atomic E-state index is 12.2. The van der Waals surface area contributed by atoms with E-state index in [2.05, 4.69) is 10.3 Å². The van der Waals surface area contributed by atoms with E-state index in [0.717, 1.165) is 17.0 Å². The van der Waals surface area contributed by atoms with Gasteiger partial charge in [-0.2, -0.15) is 0 Å². The number of aliphatic hydroxyl groups excluding tert-OH is 1. The van der Waals surface area contributed by atoms with Gasteiger partial charge >= 0.3 is 0 Å². The Hall–Kier alpha value is -2.77. The van der Waals surface area contributed by atoms with Crippen molar-refractivity contribution < 1.29 is 14.6 Å².